The second kappa shape index (κ2) is 9.41. The number of anilines is 2. The molecule has 3 N–H and O–H groups in total. The Morgan fingerprint density at radius 1 is 1.12 bits per heavy atom. The third kappa shape index (κ3) is 4.38. The van der Waals surface area contributed by atoms with Crippen molar-refractivity contribution in [3.63, 3.8) is 0 Å². The molecule has 1 aliphatic carbocycles. The average molecular weight is 540 g/mol. The predicted molar refractivity (Wildman–Crippen MR) is 150 cm³/mol. The van der Waals surface area contributed by atoms with E-state index in [2.05, 4.69) is 46.4 Å². The number of fused-ring (bicyclic) bond motifs is 2. The fourth-order valence-corrected chi connectivity index (χ4v) is 5.49. The van der Waals surface area contributed by atoms with Crippen LogP contribution >= 0.6 is 0 Å². The second-order valence-corrected chi connectivity index (χ2v) is 10.9. The number of rotatable bonds is 8. The molecule has 9 nitrogen and oxygen atoms in total. The van der Waals surface area contributed by atoms with Gasteiger partial charge in [0.1, 0.15) is 30.2 Å². The van der Waals surface area contributed by atoms with Crippen molar-refractivity contribution in [3.8, 4) is 5.88 Å². The Labute approximate surface area is 230 Å². The Morgan fingerprint density at radius 2 is 1.98 bits per heavy atom. The molecular weight excluding hydrogens is 509 g/mol. The molecule has 0 atom stereocenters. The summed E-state index contributed by atoms with van der Waals surface area (Å²) in [6.07, 6.45) is 9.45. The molecule has 10 heteroatoms. The van der Waals surface area contributed by atoms with E-state index in [1.54, 1.807) is 12.3 Å². The van der Waals surface area contributed by atoms with Gasteiger partial charge in [0.2, 0.25) is 5.88 Å². The molecule has 0 spiro atoms. The van der Waals surface area contributed by atoms with E-state index in [-0.39, 0.29) is 19.8 Å². The lowest BCUT2D eigenvalue weighted by atomic mass is 9.93. The number of pyridine rings is 2. The zero-order chi connectivity index (χ0) is 27.4. The largest absolute Gasteiger partial charge is 0.471 e. The monoisotopic (exact) mass is 539 g/mol. The van der Waals surface area contributed by atoms with Crippen LogP contribution in [-0.4, -0.2) is 37.6 Å². The summed E-state index contributed by atoms with van der Waals surface area (Å²) in [6.45, 7) is 5.08. The summed E-state index contributed by atoms with van der Waals surface area (Å²) in [7, 11) is 0. The van der Waals surface area contributed by atoms with Crippen LogP contribution in [0, 0.1) is 13.8 Å². The van der Waals surface area contributed by atoms with Gasteiger partial charge in [-0.1, -0.05) is 0 Å². The van der Waals surface area contributed by atoms with Gasteiger partial charge in [0.05, 0.1) is 18.9 Å². The van der Waals surface area contributed by atoms with Crippen molar-refractivity contribution < 1.29 is 13.9 Å². The number of nitrogens with zero attached hydrogens (tertiary/aromatic N) is 5. The molecule has 0 radical (unpaired) electrons. The van der Waals surface area contributed by atoms with E-state index in [4.69, 9.17) is 20.2 Å². The highest BCUT2D eigenvalue weighted by atomic mass is 19.1. The summed E-state index contributed by atoms with van der Waals surface area (Å²) in [5.74, 6) is 2.11. The smallest absolute Gasteiger partial charge is 0.218 e. The van der Waals surface area contributed by atoms with Crippen LogP contribution in [0.2, 0.25) is 0 Å². The minimum Gasteiger partial charge on any atom is -0.471 e. The minimum atomic E-state index is -1.49. The van der Waals surface area contributed by atoms with Crippen LogP contribution < -0.4 is 15.8 Å². The van der Waals surface area contributed by atoms with Crippen molar-refractivity contribution in [3.05, 3.63) is 82.7 Å². The summed E-state index contributed by atoms with van der Waals surface area (Å²) in [6, 6.07) is 7.80. The fourth-order valence-electron chi connectivity index (χ4n) is 5.49. The maximum Gasteiger partial charge on any atom is 0.218 e. The van der Waals surface area contributed by atoms with E-state index in [1.807, 2.05) is 22.7 Å². The Morgan fingerprint density at radius 3 is 2.75 bits per heavy atom. The number of imidazole rings is 1. The Hall–Kier alpha value is -4.31. The number of halogens is 1. The van der Waals surface area contributed by atoms with Gasteiger partial charge in [-0.25, -0.2) is 24.3 Å². The number of nitrogens with one attached hydrogen (secondary N) is 1. The number of aromatic nitrogens is 5. The lowest BCUT2D eigenvalue weighted by Gasteiger charge is -2.34. The van der Waals surface area contributed by atoms with Crippen LogP contribution in [0.5, 0.6) is 5.88 Å². The number of ether oxygens (including phenoxy) is 2. The van der Waals surface area contributed by atoms with E-state index >= 15 is 4.39 Å². The number of hydrogen-bond donors (Lipinski definition) is 2. The molecule has 2 fully saturated rings. The van der Waals surface area contributed by atoms with Gasteiger partial charge in [-0.05, 0) is 78.4 Å². The van der Waals surface area contributed by atoms with Crippen molar-refractivity contribution in [2.24, 2.45) is 0 Å². The molecule has 1 saturated carbocycles. The molecular formula is C30H30FN7O2. The normalized spacial score (nSPS) is 16.3. The molecule has 0 amide bonds. The average Bonchev–Trinajstić information content (AvgIpc) is 3.70. The first-order valence-corrected chi connectivity index (χ1v) is 13.5. The zero-order valence-electron chi connectivity index (χ0n) is 22.4. The first-order valence-electron chi connectivity index (χ1n) is 13.5. The summed E-state index contributed by atoms with van der Waals surface area (Å²) >= 11 is 0. The maximum atomic E-state index is 15.4. The van der Waals surface area contributed by atoms with E-state index in [1.165, 1.54) is 11.9 Å². The fraction of sp³-hybridized carbons (Fsp3) is 0.333. The van der Waals surface area contributed by atoms with Gasteiger partial charge in [-0.3, -0.25) is 0 Å². The summed E-state index contributed by atoms with van der Waals surface area (Å²) < 4.78 is 28.5. The van der Waals surface area contributed by atoms with Crippen molar-refractivity contribution in [1.82, 2.24) is 24.3 Å². The number of hydrogen-bond acceptors (Lipinski definition) is 8. The quantitative estimate of drug-likeness (QED) is 0.279. The summed E-state index contributed by atoms with van der Waals surface area (Å²) in [5.41, 5.74) is 11.1. The van der Waals surface area contributed by atoms with Crippen LogP contribution in [0.3, 0.4) is 0 Å². The minimum absolute atomic E-state index is 0.0652. The number of aryl methyl sites for hydroxylation is 2. The molecule has 0 bridgehead atoms. The number of alkyl halides is 1. The molecule has 2 aliphatic rings. The van der Waals surface area contributed by atoms with Crippen LogP contribution in [0.15, 0.2) is 49.2 Å². The third-order valence-electron chi connectivity index (χ3n) is 7.99. The van der Waals surface area contributed by atoms with Crippen LogP contribution in [0.1, 0.15) is 52.3 Å². The lowest BCUT2D eigenvalue weighted by molar-refractivity contribution is -0.134. The maximum absolute atomic E-state index is 15.4. The standard InChI is InChI=1S/C30H30FN7O2/c1-17-7-23-22(5-6-33-28(23)32)18(2)24(17)10-34-26-9-27(36-16-35-26)40-13-21-12-38-11-20(19-3-4-19)8-25(29(38)37-21)30(31)14-39-15-30/h5-9,11-12,16,19H,3-4,10,13-15H2,1-2H3,(H2,32,33)(H,34,35,36). The number of nitrogens with two attached hydrogens (primary N) is 1. The highest BCUT2D eigenvalue weighted by molar-refractivity contribution is 5.94. The zero-order valence-corrected chi connectivity index (χ0v) is 22.4. The van der Waals surface area contributed by atoms with E-state index in [9.17, 15) is 0 Å². The number of benzene rings is 1. The van der Waals surface area contributed by atoms with Crippen LogP contribution in [0.25, 0.3) is 16.4 Å². The van der Waals surface area contributed by atoms with Crippen molar-refractivity contribution in [1.29, 1.82) is 0 Å². The van der Waals surface area contributed by atoms with E-state index in [0.29, 0.717) is 46.9 Å². The third-order valence-corrected chi connectivity index (χ3v) is 7.99. The first-order chi connectivity index (χ1) is 19.4. The van der Waals surface area contributed by atoms with Gasteiger partial charge >= 0.3 is 0 Å². The van der Waals surface area contributed by atoms with Gasteiger partial charge in [-0.15, -0.1) is 0 Å². The van der Waals surface area contributed by atoms with Crippen molar-refractivity contribution in [2.45, 2.75) is 51.4 Å². The Kier molecular flexibility index (Phi) is 5.81. The lowest BCUT2D eigenvalue weighted by Crippen LogP contribution is -2.43. The van der Waals surface area contributed by atoms with Gasteiger partial charge in [0.15, 0.2) is 5.67 Å². The topological polar surface area (TPSA) is 112 Å². The summed E-state index contributed by atoms with van der Waals surface area (Å²) in [4.78, 5) is 17.6. The number of nitrogen functional groups attached to an aromatic ring is 1. The van der Waals surface area contributed by atoms with Gasteiger partial charge in [0.25, 0.3) is 0 Å². The van der Waals surface area contributed by atoms with Gasteiger partial charge < -0.3 is 24.9 Å². The molecule has 7 rings (SSSR count). The molecule has 5 aromatic rings. The SMILES string of the molecule is Cc1cc2c(N)nccc2c(C)c1CNc1cc(OCc2cn3cc(C4CC4)cc(C4(F)COC4)c3n2)ncn1. The Bertz CT molecular complexity index is 1760. The summed E-state index contributed by atoms with van der Waals surface area (Å²) in [5, 5.41) is 5.44. The highest BCUT2D eigenvalue weighted by Gasteiger charge is 2.43. The molecule has 40 heavy (non-hydrogen) atoms. The van der Waals surface area contributed by atoms with Gasteiger partial charge in [0, 0.05) is 42.2 Å². The molecule has 1 aromatic carbocycles. The molecule has 1 aliphatic heterocycles. The van der Waals surface area contributed by atoms with Crippen molar-refractivity contribution in [2.75, 3.05) is 24.3 Å². The first kappa shape index (κ1) is 24.7. The van der Waals surface area contributed by atoms with Gasteiger partial charge in [-0.2, -0.15) is 0 Å². The highest BCUT2D eigenvalue weighted by Crippen LogP contribution is 2.43. The van der Waals surface area contributed by atoms with E-state index in [0.717, 1.165) is 40.3 Å². The Balaban J connectivity index is 1.08. The van der Waals surface area contributed by atoms with E-state index < -0.39 is 5.67 Å². The predicted octanol–water partition coefficient (Wildman–Crippen LogP) is 5.14. The van der Waals surface area contributed by atoms with Crippen molar-refractivity contribution >= 4 is 28.1 Å². The molecule has 1 saturated heterocycles. The van der Waals surface area contributed by atoms with Crippen LogP contribution in [-0.2, 0) is 23.6 Å². The molecule has 204 valence electrons. The molecule has 4 aromatic heterocycles. The molecule has 5 heterocycles. The second-order valence-electron chi connectivity index (χ2n) is 10.9. The molecule has 0 unspecified atom stereocenters. The van der Waals surface area contributed by atoms with Crippen LogP contribution in [0.4, 0.5) is 16.0 Å².